The summed E-state index contributed by atoms with van der Waals surface area (Å²) in [5.41, 5.74) is 6.43. The van der Waals surface area contributed by atoms with Crippen LogP contribution in [0.3, 0.4) is 0 Å². The van der Waals surface area contributed by atoms with E-state index in [2.05, 4.69) is 21.1 Å². The number of ether oxygens (including phenoxy) is 3. The van der Waals surface area contributed by atoms with E-state index in [-0.39, 0.29) is 24.1 Å². The highest BCUT2D eigenvalue weighted by Gasteiger charge is 2.38. The van der Waals surface area contributed by atoms with Crippen molar-refractivity contribution in [2.24, 2.45) is 10.2 Å². The Balaban J connectivity index is 1.46. The monoisotopic (exact) mass is 469 g/mol. The van der Waals surface area contributed by atoms with Gasteiger partial charge in [-0.1, -0.05) is 42.5 Å². The Morgan fingerprint density at radius 3 is 2.06 bits per heavy atom. The molecule has 2 amide bonds. The first-order valence-electron chi connectivity index (χ1n) is 10.6. The summed E-state index contributed by atoms with van der Waals surface area (Å²) >= 11 is 0. The van der Waals surface area contributed by atoms with Gasteiger partial charge in [0, 0.05) is 16.7 Å². The van der Waals surface area contributed by atoms with Crippen LogP contribution >= 0.6 is 0 Å². The van der Waals surface area contributed by atoms with Crippen molar-refractivity contribution in [3.63, 3.8) is 0 Å². The molecule has 0 radical (unpaired) electrons. The lowest BCUT2D eigenvalue weighted by molar-refractivity contribution is 0.0946. The smallest absolute Gasteiger partial charge is 0.271 e. The van der Waals surface area contributed by atoms with Crippen molar-refractivity contribution >= 4 is 29.1 Å². The Morgan fingerprint density at radius 1 is 0.800 bits per heavy atom. The minimum absolute atomic E-state index is 0.0229. The Morgan fingerprint density at radius 2 is 1.40 bits per heavy atom. The molecule has 1 atom stereocenters. The molecule has 2 aliphatic rings. The minimum Gasteiger partial charge on any atom is -0.461 e. The first-order valence-corrected chi connectivity index (χ1v) is 10.6. The molecule has 1 saturated heterocycles. The molecule has 0 bridgehead atoms. The van der Waals surface area contributed by atoms with Crippen LogP contribution in [-0.2, 0) is 4.74 Å². The van der Waals surface area contributed by atoms with Gasteiger partial charge in [-0.2, -0.15) is 10.2 Å². The number of fused-ring (bicyclic) bond motifs is 1. The third-order valence-electron chi connectivity index (χ3n) is 5.26. The second kappa shape index (κ2) is 9.48. The fourth-order valence-corrected chi connectivity index (χ4v) is 3.52. The van der Waals surface area contributed by atoms with Gasteiger partial charge in [0.2, 0.25) is 12.7 Å². The summed E-state index contributed by atoms with van der Waals surface area (Å²) in [6, 6.07) is 22.2. The zero-order chi connectivity index (χ0) is 24.2. The van der Waals surface area contributed by atoms with Gasteiger partial charge < -0.3 is 14.2 Å². The quantitative estimate of drug-likeness (QED) is 0.494. The van der Waals surface area contributed by atoms with E-state index < -0.39 is 17.9 Å². The molecule has 35 heavy (non-hydrogen) atoms. The van der Waals surface area contributed by atoms with E-state index in [1.807, 2.05) is 0 Å². The van der Waals surface area contributed by atoms with Gasteiger partial charge in [0.05, 0.1) is 0 Å². The lowest BCUT2D eigenvalue weighted by Crippen LogP contribution is -2.27. The van der Waals surface area contributed by atoms with Crippen molar-refractivity contribution in [2.45, 2.75) is 6.10 Å². The lowest BCUT2D eigenvalue weighted by atomic mass is 10.0. The van der Waals surface area contributed by atoms with E-state index in [1.165, 1.54) is 0 Å². The maximum absolute atomic E-state index is 12.6. The highest BCUT2D eigenvalue weighted by atomic mass is 16.7. The van der Waals surface area contributed by atoms with Crippen molar-refractivity contribution in [3.8, 4) is 11.5 Å². The maximum atomic E-state index is 12.6. The molecule has 0 unspecified atom stereocenters. The van der Waals surface area contributed by atoms with E-state index in [0.717, 1.165) is 0 Å². The predicted octanol–water partition coefficient (Wildman–Crippen LogP) is 3.04. The van der Waals surface area contributed by atoms with Crippen molar-refractivity contribution in [3.05, 3.63) is 95.6 Å². The lowest BCUT2D eigenvalue weighted by Gasteiger charge is -2.11. The van der Waals surface area contributed by atoms with Crippen LogP contribution in [-0.4, -0.2) is 35.9 Å². The summed E-state index contributed by atoms with van der Waals surface area (Å²) in [7, 11) is 0. The third kappa shape index (κ3) is 4.58. The molecule has 10 heteroatoms. The number of hydrogen-bond acceptors (Lipinski definition) is 8. The number of carbonyl (C=O) groups excluding carboxylic acids is 2. The summed E-state index contributed by atoms with van der Waals surface area (Å²) in [6.07, 6.45) is -0.875. The Labute approximate surface area is 199 Å². The van der Waals surface area contributed by atoms with Crippen LogP contribution in [0.2, 0.25) is 0 Å². The number of rotatable bonds is 5. The Kier molecular flexibility index (Phi) is 5.91. The second-order valence-corrected chi connectivity index (χ2v) is 7.51. The minimum atomic E-state index is -0.875. The fourth-order valence-electron chi connectivity index (χ4n) is 3.52. The summed E-state index contributed by atoms with van der Waals surface area (Å²) in [5, 5.41) is 16.6. The van der Waals surface area contributed by atoms with Gasteiger partial charge in [-0.05, 0) is 36.4 Å². The van der Waals surface area contributed by atoms with Crippen molar-refractivity contribution in [1.82, 2.24) is 10.9 Å². The average Bonchev–Trinajstić information content (AvgIpc) is 3.50. The molecule has 10 nitrogen and oxygen atoms in total. The van der Waals surface area contributed by atoms with Crippen LogP contribution in [0.15, 0.2) is 89.1 Å². The number of hydrazone groups is 2. The molecule has 2 aliphatic heterocycles. The summed E-state index contributed by atoms with van der Waals surface area (Å²) < 4.78 is 16.5. The highest BCUT2D eigenvalue weighted by Crippen LogP contribution is 2.36. The molecule has 3 aromatic rings. The topological polar surface area (TPSA) is 134 Å². The molecule has 3 N–H and O–H groups in total. The largest absolute Gasteiger partial charge is 0.461 e. The first kappa shape index (κ1) is 21.8. The SMILES string of the molecule is N=C1O[C@@H](c2ccc3c(c2)OCO3)C(=N/NC(=O)c2ccccc2)/C1=N\NC(=O)c1ccccc1. The van der Waals surface area contributed by atoms with Crippen molar-refractivity contribution in [1.29, 1.82) is 5.41 Å². The van der Waals surface area contributed by atoms with Crippen molar-refractivity contribution in [2.75, 3.05) is 6.79 Å². The Bertz CT molecular complexity index is 1360. The molecule has 174 valence electrons. The Hall–Kier alpha value is -4.99. The summed E-state index contributed by atoms with van der Waals surface area (Å²) in [4.78, 5) is 25.1. The number of amides is 2. The van der Waals surface area contributed by atoms with Gasteiger partial charge >= 0.3 is 0 Å². The van der Waals surface area contributed by atoms with E-state index in [9.17, 15) is 9.59 Å². The van der Waals surface area contributed by atoms with Crippen LogP contribution in [0.5, 0.6) is 11.5 Å². The summed E-state index contributed by atoms with van der Waals surface area (Å²) in [6.45, 7) is 0.104. The van der Waals surface area contributed by atoms with Crippen LogP contribution in [0.1, 0.15) is 32.4 Å². The number of carbonyl (C=O) groups is 2. The summed E-state index contributed by atoms with van der Waals surface area (Å²) in [5.74, 6) is -0.123. The molecular weight excluding hydrogens is 450 g/mol. The molecular formula is C25H19N5O5. The number of benzene rings is 3. The normalized spacial score (nSPS) is 18.4. The van der Waals surface area contributed by atoms with Crippen molar-refractivity contribution < 1.29 is 23.8 Å². The molecule has 0 aromatic heterocycles. The van der Waals surface area contributed by atoms with Gasteiger partial charge in [-0.3, -0.25) is 15.0 Å². The maximum Gasteiger partial charge on any atom is 0.271 e. The predicted molar refractivity (Wildman–Crippen MR) is 127 cm³/mol. The van der Waals surface area contributed by atoms with Gasteiger partial charge in [0.25, 0.3) is 11.8 Å². The number of nitrogens with zero attached hydrogens (tertiary/aromatic N) is 2. The first-order chi connectivity index (χ1) is 17.1. The molecule has 0 aliphatic carbocycles. The highest BCUT2D eigenvalue weighted by molar-refractivity contribution is 6.69. The second-order valence-electron chi connectivity index (χ2n) is 7.51. The molecule has 1 fully saturated rings. The standard InChI is InChI=1S/C25H19N5O5/c26-23-21(28-30-25(32)16-9-5-2-6-10-16)20(27-29-24(31)15-7-3-1-4-8-15)22(35-23)17-11-12-18-19(13-17)34-14-33-18/h1-13,22,26H,14H2,(H,29,31)(H,30,32)/b26-23?,27-20+,28-21+/t22-/m0/s1. The zero-order valence-corrected chi connectivity index (χ0v) is 18.2. The van der Waals surface area contributed by atoms with Crippen LogP contribution < -0.4 is 20.3 Å². The number of hydrogen-bond donors (Lipinski definition) is 3. The molecule has 0 spiro atoms. The zero-order valence-electron chi connectivity index (χ0n) is 18.2. The average molecular weight is 469 g/mol. The van der Waals surface area contributed by atoms with Gasteiger partial charge in [0.15, 0.2) is 23.3 Å². The van der Waals surface area contributed by atoms with Crippen LogP contribution in [0, 0.1) is 5.41 Å². The molecule has 0 saturated carbocycles. The third-order valence-corrected chi connectivity index (χ3v) is 5.26. The molecule has 5 rings (SSSR count). The van der Waals surface area contributed by atoms with E-state index in [4.69, 9.17) is 19.6 Å². The van der Waals surface area contributed by atoms with E-state index in [0.29, 0.717) is 28.2 Å². The fraction of sp³-hybridized carbons (Fsp3) is 0.0800. The van der Waals surface area contributed by atoms with Gasteiger partial charge in [0.1, 0.15) is 5.71 Å². The van der Waals surface area contributed by atoms with Gasteiger partial charge in [-0.25, -0.2) is 10.9 Å². The molecule has 2 heterocycles. The van der Waals surface area contributed by atoms with E-state index in [1.54, 1.807) is 78.9 Å². The van der Waals surface area contributed by atoms with Crippen LogP contribution in [0.25, 0.3) is 0 Å². The molecule has 3 aromatic carbocycles. The van der Waals surface area contributed by atoms with Gasteiger partial charge in [-0.15, -0.1) is 0 Å². The van der Waals surface area contributed by atoms with E-state index >= 15 is 0 Å². The van der Waals surface area contributed by atoms with Crippen LogP contribution in [0.4, 0.5) is 0 Å². The number of nitrogens with one attached hydrogen (secondary N) is 3.